The van der Waals surface area contributed by atoms with Gasteiger partial charge in [0.25, 0.3) is 5.69 Å². The minimum atomic E-state index is -0.563. The van der Waals surface area contributed by atoms with Crippen LogP contribution in [0.3, 0.4) is 0 Å². The highest BCUT2D eigenvalue weighted by Crippen LogP contribution is 2.38. The Bertz CT molecular complexity index is 632. The van der Waals surface area contributed by atoms with Crippen LogP contribution in [-0.2, 0) is 0 Å². The van der Waals surface area contributed by atoms with Gasteiger partial charge in [0.15, 0.2) is 0 Å². The molecule has 0 saturated carbocycles. The lowest BCUT2D eigenvalue weighted by Crippen LogP contribution is -1.95. The normalized spacial score (nSPS) is 10.3. The summed E-state index contributed by atoms with van der Waals surface area (Å²) in [7, 11) is 0. The van der Waals surface area contributed by atoms with Crippen molar-refractivity contribution in [1.29, 1.82) is 0 Å². The molecular formula is C11H7Cl2N3O2. The Morgan fingerprint density at radius 2 is 1.94 bits per heavy atom. The first kappa shape index (κ1) is 12.6. The van der Waals surface area contributed by atoms with E-state index in [-0.39, 0.29) is 15.7 Å². The van der Waals surface area contributed by atoms with Gasteiger partial charge >= 0.3 is 0 Å². The van der Waals surface area contributed by atoms with Gasteiger partial charge in [0.1, 0.15) is 5.02 Å². The molecule has 0 unspecified atom stereocenters. The van der Waals surface area contributed by atoms with Gasteiger partial charge in [-0.15, -0.1) is 0 Å². The number of hydrogen-bond acceptors (Lipinski definition) is 4. The van der Waals surface area contributed by atoms with E-state index in [9.17, 15) is 10.1 Å². The standard InChI is InChI=1S/C11H7Cl2N3O2/c12-9-6(2-1-3-8(9)16(17)18)11-10(13)7(14)4-5-15-11/h1-5H,(H2,14,15). The Hall–Kier alpha value is -1.85. The fourth-order valence-electron chi connectivity index (χ4n) is 1.49. The average Bonchev–Trinajstić information content (AvgIpc) is 2.33. The van der Waals surface area contributed by atoms with Crippen LogP contribution in [0, 0.1) is 10.1 Å². The van der Waals surface area contributed by atoms with Gasteiger partial charge in [0, 0.05) is 17.8 Å². The predicted octanol–water partition coefficient (Wildman–Crippen LogP) is 3.55. The second kappa shape index (κ2) is 4.80. The van der Waals surface area contributed by atoms with E-state index in [1.807, 2.05) is 0 Å². The van der Waals surface area contributed by atoms with Crippen molar-refractivity contribution in [2.45, 2.75) is 0 Å². The van der Waals surface area contributed by atoms with Gasteiger partial charge in [0.2, 0.25) is 0 Å². The quantitative estimate of drug-likeness (QED) is 0.675. The molecule has 2 rings (SSSR count). The van der Waals surface area contributed by atoms with Crippen molar-refractivity contribution >= 4 is 34.6 Å². The molecule has 2 N–H and O–H groups in total. The maximum Gasteiger partial charge on any atom is 0.288 e. The number of nitro benzene ring substituents is 1. The first-order chi connectivity index (χ1) is 8.52. The van der Waals surface area contributed by atoms with Gasteiger partial charge in [-0.25, -0.2) is 0 Å². The van der Waals surface area contributed by atoms with Crippen LogP contribution in [0.5, 0.6) is 0 Å². The van der Waals surface area contributed by atoms with E-state index < -0.39 is 4.92 Å². The van der Waals surface area contributed by atoms with Gasteiger partial charge in [-0.1, -0.05) is 35.3 Å². The molecule has 0 aliphatic heterocycles. The summed E-state index contributed by atoms with van der Waals surface area (Å²) >= 11 is 12.0. The van der Waals surface area contributed by atoms with Crippen molar-refractivity contribution in [1.82, 2.24) is 4.98 Å². The maximum atomic E-state index is 10.8. The minimum Gasteiger partial charge on any atom is -0.397 e. The van der Waals surface area contributed by atoms with Crippen LogP contribution < -0.4 is 5.73 Å². The molecule has 2 aromatic rings. The maximum absolute atomic E-state index is 10.8. The van der Waals surface area contributed by atoms with Crippen molar-refractivity contribution in [2.24, 2.45) is 0 Å². The van der Waals surface area contributed by atoms with Gasteiger partial charge in [-0.05, 0) is 6.07 Å². The van der Waals surface area contributed by atoms with E-state index in [2.05, 4.69) is 4.98 Å². The third-order valence-electron chi connectivity index (χ3n) is 2.35. The fourth-order valence-corrected chi connectivity index (χ4v) is 1.99. The molecule has 0 bridgehead atoms. The van der Waals surface area contributed by atoms with E-state index in [0.717, 1.165) is 0 Å². The summed E-state index contributed by atoms with van der Waals surface area (Å²) in [6.45, 7) is 0. The number of benzene rings is 1. The molecule has 18 heavy (non-hydrogen) atoms. The van der Waals surface area contributed by atoms with Crippen molar-refractivity contribution in [2.75, 3.05) is 5.73 Å². The molecule has 92 valence electrons. The highest BCUT2D eigenvalue weighted by Gasteiger charge is 2.19. The lowest BCUT2D eigenvalue weighted by Gasteiger charge is -2.07. The number of nitrogens with two attached hydrogens (primary N) is 1. The van der Waals surface area contributed by atoms with E-state index >= 15 is 0 Å². The number of halogens is 2. The van der Waals surface area contributed by atoms with Crippen LogP contribution >= 0.6 is 23.2 Å². The van der Waals surface area contributed by atoms with Crippen molar-refractivity contribution in [3.05, 3.63) is 50.6 Å². The molecule has 0 aliphatic carbocycles. The van der Waals surface area contributed by atoms with Crippen LogP contribution in [0.25, 0.3) is 11.3 Å². The lowest BCUT2D eigenvalue weighted by molar-refractivity contribution is -0.384. The Labute approximate surface area is 112 Å². The Balaban J connectivity index is 2.69. The molecule has 0 fully saturated rings. The highest BCUT2D eigenvalue weighted by atomic mass is 35.5. The molecule has 0 radical (unpaired) electrons. The summed E-state index contributed by atoms with van der Waals surface area (Å²) in [5, 5.41) is 11.0. The van der Waals surface area contributed by atoms with Gasteiger partial charge in [0.05, 0.1) is 21.3 Å². The summed E-state index contributed by atoms with van der Waals surface area (Å²) in [6.07, 6.45) is 1.46. The largest absolute Gasteiger partial charge is 0.397 e. The van der Waals surface area contributed by atoms with Gasteiger partial charge < -0.3 is 5.73 Å². The Morgan fingerprint density at radius 1 is 1.22 bits per heavy atom. The molecule has 1 aromatic carbocycles. The van der Waals surface area contributed by atoms with Crippen LogP contribution in [-0.4, -0.2) is 9.91 Å². The second-order valence-corrected chi connectivity index (χ2v) is 4.21. The number of pyridine rings is 1. The number of nitrogen functional groups attached to an aromatic ring is 1. The highest BCUT2D eigenvalue weighted by molar-refractivity contribution is 6.38. The molecular weight excluding hydrogens is 277 g/mol. The molecule has 0 atom stereocenters. The molecule has 0 saturated heterocycles. The minimum absolute atomic E-state index is 0.0116. The summed E-state index contributed by atoms with van der Waals surface area (Å²) in [5.74, 6) is 0. The number of hydrogen-bond donors (Lipinski definition) is 1. The number of nitro groups is 1. The molecule has 0 spiro atoms. The molecule has 0 amide bonds. The topological polar surface area (TPSA) is 82.0 Å². The Kier molecular flexibility index (Phi) is 3.36. The van der Waals surface area contributed by atoms with Crippen molar-refractivity contribution in [3.8, 4) is 11.3 Å². The first-order valence-electron chi connectivity index (χ1n) is 4.85. The molecule has 1 heterocycles. The smallest absolute Gasteiger partial charge is 0.288 e. The van der Waals surface area contributed by atoms with Crippen LogP contribution in [0.15, 0.2) is 30.5 Å². The molecule has 1 aromatic heterocycles. The number of anilines is 1. The predicted molar refractivity (Wildman–Crippen MR) is 70.8 cm³/mol. The van der Waals surface area contributed by atoms with E-state index in [1.54, 1.807) is 6.07 Å². The fraction of sp³-hybridized carbons (Fsp3) is 0. The summed E-state index contributed by atoms with van der Waals surface area (Å²) in [5.41, 5.74) is 6.50. The summed E-state index contributed by atoms with van der Waals surface area (Å²) in [6, 6.07) is 5.96. The van der Waals surface area contributed by atoms with Crippen LogP contribution in [0.2, 0.25) is 10.0 Å². The first-order valence-corrected chi connectivity index (χ1v) is 5.61. The average molecular weight is 284 g/mol. The van der Waals surface area contributed by atoms with Crippen molar-refractivity contribution in [3.63, 3.8) is 0 Å². The Morgan fingerprint density at radius 3 is 2.61 bits per heavy atom. The SMILES string of the molecule is Nc1ccnc(-c2cccc([N+](=O)[O-])c2Cl)c1Cl. The molecule has 0 aliphatic rings. The monoisotopic (exact) mass is 283 g/mol. The van der Waals surface area contributed by atoms with Crippen molar-refractivity contribution < 1.29 is 4.92 Å². The number of aromatic nitrogens is 1. The number of nitrogens with zero attached hydrogens (tertiary/aromatic N) is 2. The third kappa shape index (κ3) is 2.10. The zero-order valence-corrected chi connectivity index (χ0v) is 10.4. The zero-order chi connectivity index (χ0) is 13.3. The number of rotatable bonds is 2. The van der Waals surface area contributed by atoms with Gasteiger partial charge in [-0.3, -0.25) is 15.1 Å². The van der Waals surface area contributed by atoms with E-state index in [0.29, 0.717) is 16.9 Å². The van der Waals surface area contributed by atoms with E-state index in [1.165, 1.54) is 24.4 Å². The summed E-state index contributed by atoms with van der Waals surface area (Å²) < 4.78 is 0. The lowest BCUT2D eigenvalue weighted by atomic mass is 10.1. The van der Waals surface area contributed by atoms with Gasteiger partial charge in [-0.2, -0.15) is 0 Å². The van der Waals surface area contributed by atoms with E-state index in [4.69, 9.17) is 28.9 Å². The molecule has 7 heteroatoms. The van der Waals surface area contributed by atoms with Crippen LogP contribution in [0.1, 0.15) is 0 Å². The summed E-state index contributed by atoms with van der Waals surface area (Å²) in [4.78, 5) is 14.3. The molecule has 5 nitrogen and oxygen atoms in total. The third-order valence-corrected chi connectivity index (χ3v) is 3.14. The zero-order valence-electron chi connectivity index (χ0n) is 8.93. The van der Waals surface area contributed by atoms with Crippen LogP contribution in [0.4, 0.5) is 11.4 Å². The second-order valence-electron chi connectivity index (χ2n) is 3.46.